The van der Waals surface area contributed by atoms with Crippen molar-refractivity contribution in [3.05, 3.63) is 60.4 Å². The Kier molecular flexibility index (Phi) is 6.09. The molecule has 2 aliphatic carbocycles. The van der Waals surface area contributed by atoms with Gasteiger partial charge in [-0.25, -0.2) is 4.79 Å². The third kappa shape index (κ3) is 4.32. The van der Waals surface area contributed by atoms with Gasteiger partial charge < -0.3 is 18.9 Å². The van der Waals surface area contributed by atoms with Crippen LogP contribution in [0.5, 0.6) is 5.75 Å². The zero-order valence-corrected chi connectivity index (χ0v) is 20.8. The van der Waals surface area contributed by atoms with E-state index < -0.39 is 6.09 Å². The van der Waals surface area contributed by atoms with E-state index in [-0.39, 0.29) is 12.1 Å². The van der Waals surface area contributed by atoms with Crippen molar-refractivity contribution in [1.82, 2.24) is 10.0 Å². The maximum Gasteiger partial charge on any atom is 0.411 e. The Hall–Kier alpha value is -3.45. The molecule has 2 heterocycles. The van der Waals surface area contributed by atoms with Crippen LogP contribution in [0.1, 0.15) is 63.6 Å². The van der Waals surface area contributed by atoms with Crippen molar-refractivity contribution in [3.63, 3.8) is 0 Å². The lowest BCUT2D eigenvalue weighted by atomic mass is 9.91. The first-order valence-electron chi connectivity index (χ1n) is 13.1. The first-order valence-corrected chi connectivity index (χ1v) is 13.1. The van der Waals surface area contributed by atoms with Crippen LogP contribution in [0.2, 0.25) is 0 Å². The highest BCUT2D eigenvalue weighted by molar-refractivity contribution is 5.94. The van der Waals surface area contributed by atoms with Gasteiger partial charge in [0.2, 0.25) is 0 Å². The number of ether oxygens (including phenoxy) is 2. The van der Waals surface area contributed by atoms with Gasteiger partial charge in [-0.15, -0.1) is 5.48 Å². The molecule has 1 amide bonds. The molecule has 3 aliphatic rings. The van der Waals surface area contributed by atoms with E-state index in [1.54, 1.807) is 6.26 Å². The van der Waals surface area contributed by atoms with E-state index in [1.165, 1.54) is 28.6 Å². The summed E-state index contributed by atoms with van der Waals surface area (Å²) in [4.78, 5) is 17.8. The Labute approximate surface area is 211 Å². The molecule has 6 rings (SSSR count). The van der Waals surface area contributed by atoms with Gasteiger partial charge in [0.15, 0.2) is 0 Å². The average molecular weight is 488 g/mol. The number of aromatic nitrogens is 1. The Morgan fingerprint density at radius 1 is 1.17 bits per heavy atom. The van der Waals surface area contributed by atoms with Crippen molar-refractivity contribution in [2.45, 2.75) is 64.1 Å². The fourth-order valence-corrected chi connectivity index (χ4v) is 5.32. The van der Waals surface area contributed by atoms with E-state index >= 15 is 0 Å². The van der Waals surface area contributed by atoms with Crippen LogP contribution < -0.4 is 15.5 Å². The fraction of sp³-hybridized carbons (Fsp3) is 0.414. The molecule has 2 N–H and O–H groups in total. The summed E-state index contributed by atoms with van der Waals surface area (Å²) in [6.07, 6.45) is 9.15. The van der Waals surface area contributed by atoms with Gasteiger partial charge in [0.05, 0.1) is 23.9 Å². The number of nitrogens with zero attached hydrogens (tertiary/aromatic N) is 1. The van der Waals surface area contributed by atoms with Gasteiger partial charge in [-0.05, 0) is 87.8 Å². The molecule has 0 bridgehead atoms. The summed E-state index contributed by atoms with van der Waals surface area (Å²) >= 11 is 0. The molecule has 188 valence electrons. The molecule has 1 aromatic heterocycles. The largest absolute Gasteiger partial charge is 0.494 e. The monoisotopic (exact) mass is 487 g/mol. The van der Waals surface area contributed by atoms with Gasteiger partial charge in [-0.3, -0.25) is 5.32 Å². The van der Waals surface area contributed by atoms with Gasteiger partial charge >= 0.3 is 6.09 Å². The second kappa shape index (κ2) is 9.54. The number of anilines is 1. The lowest BCUT2D eigenvalue weighted by molar-refractivity contribution is 0.108. The summed E-state index contributed by atoms with van der Waals surface area (Å²) < 4.78 is 13.9. The second-order valence-electron chi connectivity index (χ2n) is 10.0. The summed E-state index contributed by atoms with van der Waals surface area (Å²) in [6.45, 7) is 4.61. The molecule has 2 aromatic carbocycles. The molecule has 2 atom stereocenters. The molecule has 0 radical (unpaired) electrons. The molecule has 2 saturated carbocycles. The van der Waals surface area contributed by atoms with Crippen molar-refractivity contribution in [2.24, 2.45) is 5.92 Å². The van der Waals surface area contributed by atoms with Gasteiger partial charge in [-0.2, -0.15) is 0 Å². The zero-order chi connectivity index (χ0) is 24.6. The van der Waals surface area contributed by atoms with Crippen LogP contribution in [0.25, 0.3) is 22.2 Å². The molecule has 1 aliphatic heterocycles. The Bertz CT molecular complexity index is 1290. The third-order valence-electron chi connectivity index (χ3n) is 7.59. The lowest BCUT2D eigenvalue weighted by Crippen LogP contribution is -2.21. The van der Waals surface area contributed by atoms with Gasteiger partial charge in [0.25, 0.3) is 0 Å². The number of rotatable bonds is 8. The van der Waals surface area contributed by atoms with Gasteiger partial charge in [-0.1, -0.05) is 12.1 Å². The van der Waals surface area contributed by atoms with Crippen LogP contribution in [0.3, 0.4) is 0 Å². The van der Waals surface area contributed by atoms with Crippen molar-refractivity contribution < 1.29 is 19.1 Å². The van der Waals surface area contributed by atoms with Gasteiger partial charge in [0, 0.05) is 28.7 Å². The van der Waals surface area contributed by atoms with Crippen LogP contribution in [-0.4, -0.2) is 23.4 Å². The molecule has 3 aromatic rings. The van der Waals surface area contributed by atoms with E-state index in [0.717, 1.165) is 42.7 Å². The number of nitrogens with one attached hydrogen (secondary N) is 2. The highest BCUT2D eigenvalue weighted by Crippen LogP contribution is 2.46. The summed E-state index contributed by atoms with van der Waals surface area (Å²) in [7, 11) is 0. The SMILES string of the molecule is CCOc1ccc2c(C3C=CON3)c(-c3ccc(NC(=O)OC(C)C4CC4)cc3)n(C3CCC3)c2c1. The lowest BCUT2D eigenvalue weighted by Gasteiger charge is -2.30. The molecule has 0 saturated heterocycles. The summed E-state index contributed by atoms with van der Waals surface area (Å²) in [5.74, 6) is 1.39. The van der Waals surface area contributed by atoms with E-state index in [9.17, 15) is 4.79 Å². The maximum absolute atomic E-state index is 12.4. The highest BCUT2D eigenvalue weighted by atomic mass is 16.6. The van der Waals surface area contributed by atoms with Crippen LogP contribution in [0, 0.1) is 5.92 Å². The number of hydrogen-bond donors (Lipinski definition) is 2. The second-order valence-corrected chi connectivity index (χ2v) is 10.0. The van der Waals surface area contributed by atoms with E-state index in [1.807, 2.05) is 38.1 Å². The standard InChI is InChI=1S/C29H33N3O4/c1-3-34-23-13-14-24-26(17-23)32(22-5-4-6-22)28(27(24)25-15-16-35-31-25)20-9-11-21(12-10-20)30-29(33)36-18(2)19-7-8-19/h9-19,22,25,31H,3-8H2,1-2H3,(H,30,33). The number of fused-ring (bicyclic) bond motifs is 1. The predicted molar refractivity (Wildman–Crippen MR) is 140 cm³/mol. The number of hydroxylamine groups is 1. The number of benzene rings is 2. The number of amides is 1. The zero-order valence-electron chi connectivity index (χ0n) is 20.8. The van der Waals surface area contributed by atoms with Crippen molar-refractivity contribution in [2.75, 3.05) is 11.9 Å². The topological polar surface area (TPSA) is 73.8 Å². The Morgan fingerprint density at radius 3 is 2.61 bits per heavy atom. The number of hydrogen-bond acceptors (Lipinski definition) is 5. The molecular formula is C29H33N3O4. The molecule has 7 nitrogen and oxygen atoms in total. The number of carbonyl (C=O) groups is 1. The van der Waals surface area contributed by atoms with E-state index in [0.29, 0.717) is 18.6 Å². The smallest absolute Gasteiger partial charge is 0.411 e. The van der Waals surface area contributed by atoms with Crippen molar-refractivity contribution in [1.29, 1.82) is 0 Å². The fourth-order valence-electron chi connectivity index (χ4n) is 5.32. The van der Waals surface area contributed by atoms with Crippen LogP contribution in [0.15, 0.2) is 54.8 Å². The summed E-state index contributed by atoms with van der Waals surface area (Å²) in [5.41, 5.74) is 8.50. The summed E-state index contributed by atoms with van der Waals surface area (Å²) in [6, 6.07) is 14.8. The van der Waals surface area contributed by atoms with Crippen LogP contribution in [0.4, 0.5) is 10.5 Å². The predicted octanol–water partition coefficient (Wildman–Crippen LogP) is 6.87. The minimum atomic E-state index is -0.396. The number of carbonyl (C=O) groups excluding carboxylic acids is 1. The minimum Gasteiger partial charge on any atom is -0.494 e. The molecule has 2 fully saturated rings. The van der Waals surface area contributed by atoms with Crippen molar-refractivity contribution in [3.8, 4) is 17.0 Å². The average Bonchev–Trinajstić information content (AvgIpc) is 3.47. The summed E-state index contributed by atoms with van der Waals surface area (Å²) in [5, 5.41) is 4.07. The van der Waals surface area contributed by atoms with E-state index in [2.05, 4.69) is 39.6 Å². The third-order valence-corrected chi connectivity index (χ3v) is 7.59. The highest BCUT2D eigenvalue weighted by Gasteiger charge is 2.32. The van der Waals surface area contributed by atoms with Crippen LogP contribution in [-0.2, 0) is 9.57 Å². The quantitative estimate of drug-likeness (QED) is 0.363. The maximum atomic E-state index is 12.4. The van der Waals surface area contributed by atoms with Crippen molar-refractivity contribution >= 4 is 22.7 Å². The first-order chi connectivity index (χ1) is 17.6. The van der Waals surface area contributed by atoms with E-state index in [4.69, 9.17) is 14.3 Å². The molecular weight excluding hydrogens is 454 g/mol. The normalized spacial score (nSPS) is 20.1. The van der Waals surface area contributed by atoms with Gasteiger partial charge in [0.1, 0.15) is 18.1 Å². The Balaban J connectivity index is 1.39. The Morgan fingerprint density at radius 2 is 1.97 bits per heavy atom. The molecule has 7 heteroatoms. The molecule has 36 heavy (non-hydrogen) atoms. The van der Waals surface area contributed by atoms with Crippen LogP contribution >= 0.6 is 0 Å². The first kappa shape index (κ1) is 23.0. The minimum absolute atomic E-state index is 0.0409. The molecule has 0 spiro atoms. The molecule has 2 unspecified atom stereocenters.